The van der Waals surface area contributed by atoms with Gasteiger partial charge < -0.3 is 0 Å². The van der Waals surface area contributed by atoms with E-state index in [9.17, 15) is 15.3 Å². The summed E-state index contributed by atoms with van der Waals surface area (Å²) in [5.74, 6) is 0.107. The zero-order valence-corrected chi connectivity index (χ0v) is 16.7. The summed E-state index contributed by atoms with van der Waals surface area (Å²) in [5, 5.41) is 29.2. The van der Waals surface area contributed by atoms with Gasteiger partial charge in [0.2, 0.25) is 0 Å². The molecule has 1 fully saturated rings. The number of anilines is 1. The molecular formula is C10H12Cl2N5O4PtSe. The molecule has 1 aliphatic rings. The van der Waals surface area contributed by atoms with Gasteiger partial charge in [0.05, 0.1) is 0 Å². The van der Waals surface area contributed by atoms with Crippen molar-refractivity contribution in [1.29, 1.82) is 0 Å². The first-order chi connectivity index (χ1) is 10.9. The molecule has 0 saturated carbocycles. The number of aliphatic hydroxyl groups is 3. The Morgan fingerprint density at radius 1 is 1.39 bits per heavy atom. The molecule has 0 aromatic carbocycles. The topological polar surface area (TPSA) is 132 Å². The van der Waals surface area contributed by atoms with Crippen LogP contribution in [0.3, 0.4) is 0 Å². The summed E-state index contributed by atoms with van der Waals surface area (Å²) in [6, 6.07) is 0. The van der Waals surface area contributed by atoms with Gasteiger partial charge in [0.25, 0.3) is 0 Å². The second kappa shape index (κ2) is 6.71. The molecule has 9 nitrogen and oxygen atoms in total. The maximum absolute atomic E-state index is 10.1. The Bertz CT molecular complexity index is 801. The fourth-order valence-corrected chi connectivity index (χ4v) is 7.89. The number of ether oxygens (including phenoxy) is 1. The van der Waals surface area contributed by atoms with Crippen LogP contribution in [0, 0.1) is 4.19 Å². The van der Waals surface area contributed by atoms with E-state index in [-0.39, 0.29) is 5.95 Å². The van der Waals surface area contributed by atoms with Crippen molar-refractivity contribution in [2.24, 2.45) is 0 Å². The standard InChI is InChI=1S/C10H13N5O4Se.2ClH.Pt/c11-10-13-7-4(8(20)14-10)12-2-15(7)9-6(18)5(17)3(1-16)19-9;;;/h2-3,5-6,9,16-18H,1H2,(H3,11,13,14,20);2*1H;/q;;;+3/p-3/t3-,5?,6?,9-;;;/m1.../s1. The molecule has 2 aromatic rings. The molecule has 1 aliphatic heterocycles. The number of nitrogens with zero attached hydrogens (tertiary/aromatic N) is 4. The Balaban J connectivity index is 2.13. The first kappa shape index (κ1) is 17.8. The van der Waals surface area contributed by atoms with Crippen LogP contribution < -0.4 is 5.73 Å². The molecule has 0 aliphatic carbocycles. The number of fused-ring (bicyclic) bond motifs is 1. The number of aliphatic hydroxyl groups excluding tert-OH is 3. The summed E-state index contributed by atoms with van der Waals surface area (Å²) in [6.45, 7) is -0.420. The molecule has 23 heavy (non-hydrogen) atoms. The molecule has 2 aromatic heterocycles. The van der Waals surface area contributed by atoms with Crippen LogP contribution in [-0.4, -0.2) is 73.5 Å². The minimum absolute atomic E-state index is 0.107. The van der Waals surface area contributed by atoms with Crippen LogP contribution in [0.25, 0.3) is 11.2 Å². The molecule has 3 rings (SSSR count). The maximum atomic E-state index is 10.1. The summed E-state index contributed by atoms with van der Waals surface area (Å²) >= 11 is 0.310. The number of halogens is 2. The molecular weight excluding hydrogens is 599 g/mol. The Kier molecular flexibility index (Phi) is 5.19. The fraction of sp³-hybridized carbons (Fsp3) is 0.500. The van der Waals surface area contributed by atoms with Crippen molar-refractivity contribution in [3.63, 3.8) is 0 Å². The monoisotopic (exact) mass is 611 g/mol. The predicted molar refractivity (Wildman–Crippen MR) is 79.0 cm³/mol. The first-order valence-corrected chi connectivity index (χ1v) is 13.7. The van der Waals surface area contributed by atoms with Crippen molar-refractivity contribution >= 4 is 51.5 Å². The third-order valence-corrected chi connectivity index (χ3v) is 8.53. The van der Waals surface area contributed by atoms with E-state index in [2.05, 4.69) is 25.5 Å². The SMILES string of the molecule is Nc1nc2c(ncn2[C@@H]2O[C@H](CO)C(O)C2O)c(=[Se])[n]1[Pt]([Cl])[Cl]. The molecule has 4 atom stereocenters. The third kappa shape index (κ3) is 2.90. The average Bonchev–Trinajstić information content (AvgIpc) is 3.01. The van der Waals surface area contributed by atoms with Crippen LogP contribution in [0.15, 0.2) is 6.33 Å². The Morgan fingerprint density at radius 3 is 2.65 bits per heavy atom. The van der Waals surface area contributed by atoms with Crippen LogP contribution in [0.2, 0.25) is 0 Å². The fourth-order valence-electron chi connectivity index (χ4n) is 2.36. The molecule has 5 N–H and O–H groups in total. The Morgan fingerprint density at radius 2 is 2.09 bits per heavy atom. The molecule has 13 heteroatoms. The van der Waals surface area contributed by atoms with E-state index < -0.39 is 46.6 Å². The number of hydrogen-bond acceptors (Lipinski definition) is 7. The van der Waals surface area contributed by atoms with Gasteiger partial charge in [-0.15, -0.1) is 0 Å². The van der Waals surface area contributed by atoms with E-state index in [0.717, 1.165) is 0 Å². The quantitative estimate of drug-likeness (QED) is 0.322. The van der Waals surface area contributed by atoms with Gasteiger partial charge in [0, 0.05) is 0 Å². The molecule has 0 spiro atoms. The minimum atomic E-state index is -2.51. The number of nitrogens with two attached hydrogens (primary N) is 1. The molecule has 0 bridgehead atoms. The van der Waals surface area contributed by atoms with E-state index in [4.69, 9.17) is 29.3 Å². The molecule has 3 heterocycles. The van der Waals surface area contributed by atoms with E-state index in [1.807, 2.05) is 0 Å². The van der Waals surface area contributed by atoms with Crippen molar-refractivity contribution in [2.75, 3.05) is 12.3 Å². The Hall–Kier alpha value is -0.0222. The second-order valence-corrected chi connectivity index (χ2v) is 12.4. The van der Waals surface area contributed by atoms with Gasteiger partial charge >= 0.3 is 152 Å². The van der Waals surface area contributed by atoms with Crippen LogP contribution >= 0.6 is 18.8 Å². The zero-order chi connectivity index (χ0) is 16.9. The molecule has 131 valence electrons. The predicted octanol–water partition coefficient (Wildman–Crippen LogP) is -1.18. The van der Waals surface area contributed by atoms with Gasteiger partial charge in [-0.3, -0.25) is 0 Å². The van der Waals surface area contributed by atoms with Gasteiger partial charge in [-0.1, -0.05) is 0 Å². The van der Waals surface area contributed by atoms with Gasteiger partial charge in [-0.25, -0.2) is 0 Å². The van der Waals surface area contributed by atoms with Crippen molar-refractivity contribution in [3.05, 3.63) is 10.5 Å². The number of hydrogen-bond donors (Lipinski definition) is 4. The van der Waals surface area contributed by atoms with E-state index in [1.54, 1.807) is 0 Å². The van der Waals surface area contributed by atoms with Crippen molar-refractivity contribution in [1.82, 2.24) is 17.7 Å². The van der Waals surface area contributed by atoms with Crippen LogP contribution in [0.4, 0.5) is 5.95 Å². The molecule has 2 unspecified atom stereocenters. The number of aromatic nitrogens is 4. The third-order valence-electron chi connectivity index (χ3n) is 3.44. The summed E-state index contributed by atoms with van der Waals surface area (Å²) < 4.78 is 8.96. The van der Waals surface area contributed by atoms with Gasteiger partial charge in [-0.05, 0) is 0 Å². The summed E-state index contributed by atoms with van der Waals surface area (Å²) in [5.41, 5.74) is 6.70. The number of rotatable bonds is 3. The van der Waals surface area contributed by atoms with Gasteiger partial charge in [0.1, 0.15) is 0 Å². The normalized spacial score (nSPS) is 28.5. The van der Waals surface area contributed by atoms with E-state index >= 15 is 0 Å². The van der Waals surface area contributed by atoms with E-state index in [0.29, 0.717) is 15.4 Å². The van der Waals surface area contributed by atoms with Crippen LogP contribution in [0.1, 0.15) is 6.23 Å². The first-order valence-electron chi connectivity index (χ1n) is 6.20. The molecule has 1 saturated heterocycles. The molecule has 0 amide bonds. The van der Waals surface area contributed by atoms with Crippen LogP contribution in [0.5, 0.6) is 0 Å². The summed E-state index contributed by atoms with van der Waals surface area (Å²) in [4.78, 5) is 8.45. The summed E-state index contributed by atoms with van der Waals surface area (Å²) in [6.07, 6.45) is -2.90. The molecule has 0 radical (unpaired) electrons. The van der Waals surface area contributed by atoms with Gasteiger partial charge in [0.15, 0.2) is 0 Å². The Labute approximate surface area is 151 Å². The zero-order valence-electron chi connectivity index (χ0n) is 11.2. The second-order valence-electron chi connectivity index (χ2n) is 4.73. The van der Waals surface area contributed by atoms with Crippen molar-refractivity contribution in [3.8, 4) is 0 Å². The number of nitrogen functional groups attached to an aromatic ring is 1. The van der Waals surface area contributed by atoms with Crippen LogP contribution in [-0.2, 0) is 20.2 Å². The van der Waals surface area contributed by atoms with Crippen molar-refractivity contribution < 1.29 is 35.5 Å². The number of imidazole rings is 1. The van der Waals surface area contributed by atoms with E-state index in [1.165, 1.54) is 14.0 Å². The summed E-state index contributed by atoms with van der Waals surface area (Å²) in [7, 11) is 12.0. The van der Waals surface area contributed by atoms with Gasteiger partial charge in [-0.2, -0.15) is 0 Å². The average molecular weight is 611 g/mol. The van der Waals surface area contributed by atoms with Crippen molar-refractivity contribution in [2.45, 2.75) is 24.5 Å².